The number of unbranched alkanes of at least 4 members (excludes halogenated alkanes) is 10. The van der Waals surface area contributed by atoms with Crippen molar-refractivity contribution >= 4 is 74.9 Å². The molecule has 47 heavy (non-hydrogen) atoms. The van der Waals surface area contributed by atoms with E-state index in [1.165, 1.54) is 64.2 Å². The summed E-state index contributed by atoms with van der Waals surface area (Å²) in [7, 11) is 0. The van der Waals surface area contributed by atoms with Crippen molar-refractivity contribution in [1.29, 1.82) is 0 Å². The molecule has 1 aliphatic heterocycles. The molecule has 254 valence electrons. The van der Waals surface area contributed by atoms with Crippen LogP contribution >= 0.6 is 46.4 Å². The number of imidazole rings is 1. The van der Waals surface area contributed by atoms with Crippen LogP contribution in [0.3, 0.4) is 0 Å². The molecular weight excluding hydrogens is 666 g/mol. The molecule has 4 nitrogen and oxygen atoms in total. The standard InChI is InChI=1S/C39H51Cl4N4/c1-5-9-11-13-15-17-24-46-36-28-32(42)30(40)26-34(36)44(22-7-3)38(46)20-19-21-39-45(23-8-4)35-27-31(41)33(43)29-37(35)47(39)25-18-16-14-12-10-6-2/h7-8,19-21,26-29H,3-6,9-18,22-25H2,1-2H3/q+1. The minimum atomic E-state index is 0.554. The zero-order chi connectivity index (χ0) is 33.8. The van der Waals surface area contributed by atoms with Gasteiger partial charge in [-0.1, -0.05) is 143 Å². The molecule has 0 amide bonds. The smallest absolute Gasteiger partial charge is 0.282 e. The van der Waals surface area contributed by atoms with E-state index in [9.17, 15) is 0 Å². The van der Waals surface area contributed by atoms with Crippen molar-refractivity contribution in [2.24, 2.45) is 0 Å². The van der Waals surface area contributed by atoms with Gasteiger partial charge in [0.15, 0.2) is 11.0 Å². The van der Waals surface area contributed by atoms with Crippen LogP contribution in [0.15, 0.2) is 67.5 Å². The van der Waals surface area contributed by atoms with Gasteiger partial charge in [-0.25, -0.2) is 9.13 Å². The van der Waals surface area contributed by atoms with E-state index in [1.54, 1.807) is 0 Å². The highest BCUT2D eigenvalue weighted by molar-refractivity contribution is 6.43. The number of nitrogens with zero attached hydrogens (tertiary/aromatic N) is 4. The number of benzene rings is 2. The lowest BCUT2D eigenvalue weighted by molar-refractivity contribution is -0.674. The number of anilines is 2. The van der Waals surface area contributed by atoms with Gasteiger partial charge in [-0.2, -0.15) is 0 Å². The number of fused-ring (bicyclic) bond motifs is 2. The predicted molar refractivity (Wildman–Crippen MR) is 208 cm³/mol. The molecular formula is C39H51Cl4N4+. The maximum absolute atomic E-state index is 6.57. The molecule has 0 saturated carbocycles. The van der Waals surface area contributed by atoms with E-state index in [0.29, 0.717) is 33.2 Å². The number of allylic oxidation sites excluding steroid dienone is 3. The Labute approximate surface area is 302 Å². The summed E-state index contributed by atoms with van der Waals surface area (Å²) in [6.07, 6.45) is 25.2. The Morgan fingerprint density at radius 3 is 1.85 bits per heavy atom. The topological polar surface area (TPSA) is 15.3 Å². The summed E-state index contributed by atoms with van der Waals surface area (Å²) >= 11 is 26.2. The molecule has 3 aromatic rings. The highest BCUT2D eigenvalue weighted by Gasteiger charge is 2.31. The van der Waals surface area contributed by atoms with Gasteiger partial charge in [0.25, 0.3) is 5.82 Å². The summed E-state index contributed by atoms with van der Waals surface area (Å²) in [5.41, 5.74) is 4.26. The molecule has 0 bridgehead atoms. The summed E-state index contributed by atoms with van der Waals surface area (Å²) in [6, 6.07) is 7.96. The summed E-state index contributed by atoms with van der Waals surface area (Å²) in [6.45, 7) is 15.7. The summed E-state index contributed by atoms with van der Waals surface area (Å²) in [4.78, 5) is 4.66. The molecule has 4 rings (SSSR count). The minimum absolute atomic E-state index is 0.554. The van der Waals surface area contributed by atoms with E-state index < -0.39 is 0 Å². The van der Waals surface area contributed by atoms with Crippen molar-refractivity contribution in [2.75, 3.05) is 22.9 Å². The number of rotatable bonds is 20. The Bertz CT molecular complexity index is 1570. The Balaban J connectivity index is 1.73. The van der Waals surface area contributed by atoms with E-state index in [4.69, 9.17) is 46.4 Å². The Morgan fingerprint density at radius 2 is 1.21 bits per heavy atom. The molecule has 0 fully saturated rings. The second kappa shape index (κ2) is 19.0. The molecule has 0 saturated heterocycles. The quantitative estimate of drug-likeness (QED) is 0.0657. The normalized spacial score (nSPS) is 13.9. The van der Waals surface area contributed by atoms with Gasteiger partial charge in [-0.05, 0) is 37.5 Å². The number of aromatic nitrogens is 2. The van der Waals surface area contributed by atoms with Crippen molar-refractivity contribution in [1.82, 2.24) is 4.57 Å². The van der Waals surface area contributed by atoms with Gasteiger partial charge in [0, 0.05) is 31.3 Å². The molecule has 2 heterocycles. The average Bonchev–Trinajstić information content (AvgIpc) is 3.47. The van der Waals surface area contributed by atoms with Crippen molar-refractivity contribution in [3.8, 4) is 0 Å². The second-order valence-electron chi connectivity index (χ2n) is 12.4. The van der Waals surface area contributed by atoms with Gasteiger partial charge in [0.05, 0.1) is 38.0 Å². The van der Waals surface area contributed by atoms with Crippen molar-refractivity contribution in [3.05, 3.63) is 93.5 Å². The van der Waals surface area contributed by atoms with Crippen LogP contribution in [-0.2, 0) is 13.1 Å². The fraction of sp³-hybridized carbons (Fsp3) is 0.462. The van der Waals surface area contributed by atoms with Gasteiger partial charge in [-0.3, -0.25) is 0 Å². The molecule has 0 atom stereocenters. The number of aryl methyl sites for hydroxylation is 1. The van der Waals surface area contributed by atoms with Crippen LogP contribution in [0.1, 0.15) is 96.7 Å². The largest absolute Gasteiger partial charge is 0.326 e. The number of hydrogen-bond acceptors (Lipinski definition) is 2. The first kappa shape index (κ1) is 37.4. The highest BCUT2D eigenvalue weighted by atomic mass is 35.5. The van der Waals surface area contributed by atoms with Gasteiger partial charge in [-0.15, -0.1) is 6.58 Å². The summed E-state index contributed by atoms with van der Waals surface area (Å²) < 4.78 is 4.66. The van der Waals surface area contributed by atoms with E-state index in [-0.39, 0.29) is 0 Å². The van der Waals surface area contributed by atoms with Crippen LogP contribution in [0.5, 0.6) is 0 Å². The minimum Gasteiger partial charge on any atom is -0.326 e. The lowest BCUT2D eigenvalue weighted by atomic mass is 10.1. The molecule has 1 aromatic heterocycles. The number of hydrogen-bond donors (Lipinski definition) is 0. The molecule has 0 N–H and O–H groups in total. The monoisotopic (exact) mass is 715 g/mol. The third-order valence-corrected chi connectivity index (χ3v) is 10.3. The van der Waals surface area contributed by atoms with Gasteiger partial charge >= 0.3 is 0 Å². The first-order valence-corrected chi connectivity index (χ1v) is 18.9. The Kier molecular flexibility index (Phi) is 15.1. The van der Waals surface area contributed by atoms with Gasteiger partial charge < -0.3 is 9.80 Å². The van der Waals surface area contributed by atoms with Gasteiger partial charge in [0.2, 0.25) is 0 Å². The third-order valence-electron chi connectivity index (χ3n) is 8.89. The van der Waals surface area contributed by atoms with Crippen LogP contribution in [-0.4, -0.2) is 17.7 Å². The van der Waals surface area contributed by atoms with E-state index in [1.807, 2.05) is 36.4 Å². The SMILES string of the molecule is C=CCN1/C(=C/C=C\c2n(CC=C)c3cc(Cl)c(Cl)cc3[n+]2CCCCCCCC)N(CCCCCCCC)c2cc(Cl)c(Cl)cc21. The van der Waals surface area contributed by atoms with E-state index in [2.05, 4.69) is 64.2 Å². The molecule has 0 radical (unpaired) electrons. The predicted octanol–water partition coefficient (Wildman–Crippen LogP) is 12.8. The molecule has 8 heteroatoms. The van der Waals surface area contributed by atoms with E-state index >= 15 is 0 Å². The molecule has 2 aromatic carbocycles. The lowest BCUT2D eigenvalue weighted by Crippen LogP contribution is -2.36. The maximum atomic E-state index is 6.57. The zero-order valence-corrected chi connectivity index (χ0v) is 31.2. The first-order chi connectivity index (χ1) is 22.9. The van der Waals surface area contributed by atoms with Crippen LogP contribution in [0.25, 0.3) is 17.1 Å². The summed E-state index contributed by atoms with van der Waals surface area (Å²) in [5, 5.41) is 2.24. The van der Waals surface area contributed by atoms with Crippen molar-refractivity contribution < 1.29 is 4.57 Å². The average molecular weight is 718 g/mol. The number of halogens is 4. The van der Waals surface area contributed by atoms with Crippen LogP contribution in [0, 0.1) is 0 Å². The molecule has 0 unspecified atom stereocenters. The van der Waals surface area contributed by atoms with Crippen molar-refractivity contribution in [2.45, 2.75) is 104 Å². The highest BCUT2D eigenvalue weighted by Crippen LogP contribution is 2.45. The Morgan fingerprint density at radius 1 is 0.660 bits per heavy atom. The summed E-state index contributed by atoms with van der Waals surface area (Å²) in [5.74, 6) is 2.17. The Hall–Kier alpha value is -2.37. The fourth-order valence-electron chi connectivity index (χ4n) is 6.49. The molecule has 0 aliphatic carbocycles. The molecule has 1 aliphatic rings. The fourth-order valence-corrected chi connectivity index (χ4v) is 7.13. The first-order valence-electron chi connectivity index (χ1n) is 17.4. The van der Waals surface area contributed by atoms with Crippen molar-refractivity contribution in [3.63, 3.8) is 0 Å². The lowest BCUT2D eigenvalue weighted by Gasteiger charge is -2.24. The maximum Gasteiger partial charge on any atom is 0.282 e. The molecule has 0 spiro atoms. The zero-order valence-electron chi connectivity index (χ0n) is 28.2. The third kappa shape index (κ3) is 9.41. The van der Waals surface area contributed by atoms with Crippen LogP contribution in [0.4, 0.5) is 11.4 Å². The van der Waals surface area contributed by atoms with Crippen LogP contribution < -0.4 is 14.4 Å². The van der Waals surface area contributed by atoms with Crippen LogP contribution in [0.2, 0.25) is 20.1 Å². The van der Waals surface area contributed by atoms with E-state index in [0.717, 1.165) is 60.0 Å². The second-order valence-corrected chi connectivity index (χ2v) is 14.0. The van der Waals surface area contributed by atoms with Gasteiger partial charge in [0.1, 0.15) is 12.4 Å².